The van der Waals surface area contributed by atoms with E-state index in [2.05, 4.69) is 26.1 Å². The van der Waals surface area contributed by atoms with E-state index in [1.807, 2.05) is 0 Å². The van der Waals surface area contributed by atoms with Gasteiger partial charge in [-0.15, -0.1) is 0 Å². The molecule has 1 aliphatic heterocycles. The van der Waals surface area contributed by atoms with Crippen LogP contribution in [0.3, 0.4) is 0 Å². The van der Waals surface area contributed by atoms with E-state index < -0.39 is 9.84 Å². The van der Waals surface area contributed by atoms with Crippen LogP contribution in [0, 0.1) is 17.8 Å². The lowest BCUT2D eigenvalue weighted by Crippen LogP contribution is -2.42. The summed E-state index contributed by atoms with van der Waals surface area (Å²) in [6.07, 6.45) is 3.39. The highest BCUT2D eigenvalue weighted by Crippen LogP contribution is 2.30. The molecule has 2 aliphatic rings. The van der Waals surface area contributed by atoms with Gasteiger partial charge >= 0.3 is 0 Å². The lowest BCUT2D eigenvalue weighted by atomic mass is 9.91. The maximum absolute atomic E-state index is 11.7. The molecule has 5 heteroatoms. The number of sulfone groups is 1. The Bertz CT molecular complexity index is 409. The Morgan fingerprint density at radius 1 is 1.25 bits per heavy atom. The van der Waals surface area contributed by atoms with Gasteiger partial charge in [0, 0.05) is 18.7 Å². The van der Waals surface area contributed by atoms with Crippen LogP contribution in [0.15, 0.2) is 0 Å². The van der Waals surface area contributed by atoms with Crippen LogP contribution in [0.2, 0.25) is 0 Å². The quantitative estimate of drug-likeness (QED) is 0.780. The monoisotopic (exact) mass is 303 g/mol. The fraction of sp³-hybridized carbons (Fsp3) is 1.00. The predicted octanol–water partition coefficient (Wildman–Crippen LogP) is 1.85. The van der Waals surface area contributed by atoms with Gasteiger partial charge in [-0.3, -0.25) is 0 Å². The number of ether oxygens (including phenoxy) is 1. The van der Waals surface area contributed by atoms with Gasteiger partial charge in [0.05, 0.1) is 18.1 Å². The maximum Gasteiger partial charge on any atom is 0.150 e. The molecule has 1 aliphatic carbocycles. The third-order valence-corrected chi connectivity index (χ3v) is 6.01. The number of hydrogen-bond donors (Lipinski definition) is 1. The smallest absolute Gasteiger partial charge is 0.150 e. The van der Waals surface area contributed by atoms with E-state index in [0.717, 1.165) is 25.5 Å². The van der Waals surface area contributed by atoms with Crippen LogP contribution in [0.4, 0.5) is 0 Å². The molecule has 0 radical (unpaired) electrons. The first-order valence-corrected chi connectivity index (χ1v) is 9.60. The van der Waals surface area contributed by atoms with E-state index in [-0.39, 0.29) is 11.5 Å². The minimum absolute atomic E-state index is 0.0617. The van der Waals surface area contributed by atoms with E-state index in [1.165, 1.54) is 12.8 Å². The number of rotatable bonds is 7. The molecule has 118 valence electrons. The average Bonchev–Trinajstić information content (AvgIpc) is 3.06. The molecule has 0 bridgehead atoms. The summed E-state index contributed by atoms with van der Waals surface area (Å²) in [4.78, 5) is 0. The zero-order valence-corrected chi connectivity index (χ0v) is 13.8. The SMILES string of the molecule is CC(C)(C)NCC(COCC1CC1)C1CCS(=O)(=O)C1. The highest BCUT2D eigenvalue weighted by atomic mass is 32.2. The lowest BCUT2D eigenvalue weighted by molar-refractivity contribution is 0.0711. The molecule has 0 aromatic carbocycles. The zero-order valence-electron chi connectivity index (χ0n) is 13.0. The first-order chi connectivity index (χ1) is 9.25. The van der Waals surface area contributed by atoms with Gasteiger partial charge in [0.2, 0.25) is 0 Å². The molecular formula is C15H29NO3S. The summed E-state index contributed by atoms with van der Waals surface area (Å²) in [5.74, 6) is 2.03. The molecule has 0 aromatic heterocycles. The predicted molar refractivity (Wildman–Crippen MR) is 81.5 cm³/mol. The highest BCUT2D eigenvalue weighted by Gasteiger charge is 2.34. The van der Waals surface area contributed by atoms with Gasteiger partial charge in [-0.05, 0) is 57.8 Å². The van der Waals surface area contributed by atoms with Crippen molar-refractivity contribution in [1.29, 1.82) is 0 Å². The fourth-order valence-corrected chi connectivity index (χ4v) is 4.58. The summed E-state index contributed by atoms with van der Waals surface area (Å²) in [5.41, 5.74) is 0.0617. The minimum atomic E-state index is -2.81. The largest absolute Gasteiger partial charge is 0.381 e. The van der Waals surface area contributed by atoms with E-state index in [4.69, 9.17) is 4.74 Å². The van der Waals surface area contributed by atoms with Gasteiger partial charge in [-0.1, -0.05) is 0 Å². The Kier molecular flexibility index (Phi) is 5.14. The van der Waals surface area contributed by atoms with Crippen molar-refractivity contribution < 1.29 is 13.2 Å². The second-order valence-corrected chi connectivity index (χ2v) is 9.76. The second-order valence-electron chi connectivity index (χ2n) is 7.53. The Labute approximate surface area is 123 Å². The molecule has 1 saturated heterocycles. The normalized spacial score (nSPS) is 27.6. The van der Waals surface area contributed by atoms with Crippen LogP contribution in [-0.4, -0.2) is 45.2 Å². The summed E-state index contributed by atoms with van der Waals surface area (Å²) in [5, 5.41) is 3.51. The van der Waals surface area contributed by atoms with Crippen LogP contribution >= 0.6 is 0 Å². The van der Waals surface area contributed by atoms with Crippen molar-refractivity contribution in [3.63, 3.8) is 0 Å². The molecule has 2 unspecified atom stereocenters. The van der Waals surface area contributed by atoms with Crippen molar-refractivity contribution in [1.82, 2.24) is 5.32 Å². The highest BCUT2D eigenvalue weighted by molar-refractivity contribution is 7.91. The van der Waals surface area contributed by atoms with Crippen molar-refractivity contribution in [3.8, 4) is 0 Å². The van der Waals surface area contributed by atoms with Crippen molar-refractivity contribution in [3.05, 3.63) is 0 Å². The average molecular weight is 303 g/mol. The standard InChI is InChI=1S/C15H29NO3S/c1-15(2,3)16-8-14(10-19-9-12-4-5-12)13-6-7-20(17,18)11-13/h12-14,16H,4-11H2,1-3H3. The van der Waals surface area contributed by atoms with Crippen LogP contribution in [0.5, 0.6) is 0 Å². The number of hydrogen-bond acceptors (Lipinski definition) is 4. The molecule has 2 rings (SSSR count). The molecule has 4 nitrogen and oxygen atoms in total. The van der Waals surface area contributed by atoms with Crippen LogP contribution < -0.4 is 5.32 Å². The van der Waals surface area contributed by atoms with Crippen molar-refractivity contribution in [2.45, 2.75) is 45.6 Å². The first kappa shape index (κ1) is 16.2. The van der Waals surface area contributed by atoms with E-state index in [9.17, 15) is 8.42 Å². The van der Waals surface area contributed by atoms with Gasteiger partial charge in [0.25, 0.3) is 0 Å². The molecule has 1 N–H and O–H groups in total. The molecule has 0 aromatic rings. The molecule has 2 atom stereocenters. The number of nitrogens with one attached hydrogen (secondary N) is 1. The Balaban J connectivity index is 1.84. The second kappa shape index (κ2) is 6.32. The third kappa shape index (κ3) is 5.70. The van der Waals surface area contributed by atoms with Gasteiger partial charge in [0.15, 0.2) is 9.84 Å². The van der Waals surface area contributed by atoms with Crippen molar-refractivity contribution in [2.75, 3.05) is 31.3 Å². The minimum Gasteiger partial charge on any atom is -0.381 e. The van der Waals surface area contributed by atoms with Crippen molar-refractivity contribution >= 4 is 9.84 Å². The Morgan fingerprint density at radius 3 is 2.45 bits per heavy atom. The Hall–Kier alpha value is -0.130. The molecule has 1 heterocycles. The summed E-state index contributed by atoms with van der Waals surface area (Å²) >= 11 is 0. The molecular weight excluding hydrogens is 274 g/mol. The maximum atomic E-state index is 11.7. The molecule has 2 fully saturated rings. The molecule has 0 spiro atoms. The lowest BCUT2D eigenvalue weighted by Gasteiger charge is -2.28. The van der Waals surface area contributed by atoms with Crippen molar-refractivity contribution in [2.24, 2.45) is 17.8 Å². The van der Waals surface area contributed by atoms with Gasteiger partial charge in [-0.2, -0.15) is 0 Å². The summed E-state index contributed by atoms with van der Waals surface area (Å²) in [6, 6.07) is 0. The van der Waals surface area contributed by atoms with Gasteiger partial charge in [-0.25, -0.2) is 8.42 Å². The third-order valence-electron chi connectivity index (χ3n) is 4.21. The van der Waals surface area contributed by atoms with E-state index in [1.54, 1.807) is 0 Å². The van der Waals surface area contributed by atoms with Crippen LogP contribution in [-0.2, 0) is 14.6 Å². The summed E-state index contributed by atoms with van der Waals surface area (Å²) < 4.78 is 29.2. The topological polar surface area (TPSA) is 55.4 Å². The zero-order chi connectivity index (χ0) is 14.8. The van der Waals surface area contributed by atoms with Gasteiger partial charge in [0.1, 0.15) is 0 Å². The van der Waals surface area contributed by atoms with Crippen LogP contribution in [0.1, 0.15) is 40.0 Å². The van der Waals surface area contributed by atoms with Gasteiger partial charge < -0.3 is 10.1 Å². The summed E-state index contributed by atoms with van der Waals surface area (Å²) in [6.45, 7) is 8.81. The van der Waals surface area contributed by atoms with E-state index in [0.29, 0.717) is 24.0 Å². The fourth-order valence-electron chi connectivity index (χ4n) is 2.67. The summed E-state index contributed by atoms with van der Waals surface area (Å²) in [7, 11) is -2.81. The molecule has 0 amide bonds. The van der Waals surface area contributed by atoms with E-state index >= 15 is 0 Å². The molecule has 1 saturated carbocycles. The van der Waals surface area contributed by atoms with Crippen LogP contribution in [0.25, 0.3) is 0 Å². The first-order valence-electron chi connectivity index (χ1n) is 7.78. The Morgan fingerprint density at radius 2 is 1.95 bits per heavy atom. The molecule has 20 heavy (non-hydrogen) atoms.